The van der Waals surface area contributed by atoms with E-state index in [-0.39, 0.29) is 5.78 Å². The van der Waals surface area contributed by atoms with Crippen molar-refractivity contribution in [3.8, 4) is 0 Å². The van der Waals surface area contributed by atoms with Gasteiger partial charge >= 0.3 is 0 Å². The Morgan fingerprint density at radius 1 is 0.727 bits per heavy atom. The van der Waals surface area contributed by atoms with Crippen molar-refractivity contribution in [2.45, 2.75) is 41.5 Å². The molecule has 0 saturated carbocycles. The van der Waals surface area contributed by atoms with Crippen LogP contribution in [-0.4, -0.2) is 30.8 Å². The van der Waals surface area contributed by atoms with Gasteiger partial charge in [-0.1, -0.05) is 12.1 Å². The lowest BCUT2D eigenvalue weighted by Crippen LogP contribution is -2.10. The zero-order chi connectivity index (χ0) is 24.4. The second-order valence-electron chi connectivity index (χ2n) is 7.59. The molecule has 0 aromatic carbocycles. The van der Waals surface area contributed by atoms with Gasteiger partial charge in [-0.3, -0.25) is 19.4 Å². The van der Waals surface area contributed by atoms with Crippen molar-refractivity contribution in [2.24, 2.45) is 5.10 Å². The summed E-state index contributed by atoms with van der Waals surface area (Å²) in [6.07, 6.45) is 3.39. The summed E-state index contributed by atoms with van der Waals surface area (Å²) in [5.41, 5.74) is 6.82. The molecule has 0 unspecified atom stereocenters. The lowest BCUT2D eigenvalue weighted by atomic mass is 10.3. The van der Waals surface area contributed by atoms with E-state index in [9.17, 15) is 4.79 Å². The Morgan fingerprint density at radius 2 is 1.18 bits per heavy atom. The van der Waals surface area contributed by atoms with Crippen molar-refractivity contribution in [2.75, 3.05) is 5.84 Å². The summed E-state index contributed by atoms with van der Waals surface area (Å²) < 4.78 is 3.60. The summed E-state index contributed by atoms with van der Waals surface area (Å²) in [6, 6.07) is 19.2. The zero-order valence-electron chi connectivity index (χ0n) is 20.1. The van der Waals surface area contributed by atoms with Gasteiger partial charge in [0.25, 0.3) is 0 Å². The van der Waals surface area contributed by atoms with E-state index in [4.69, 9.17) is 5.84 Å². The molecule has 4 aromatic rings. The van der Waals surface area contributed by atoms with Crippen LogP contribution in [0.3, 0.4) is 0 Å². The molecule has 172 valence electrons. The van der Waals surface area contributed by atoms with Crippen LogP contribution in [-0.2, 0) is 0 Å². The van der Waals surface area contributed by atoms with Crippen molar-refractivity contribution in [1.29, 1.82) is 0 Å². The molecule has 2 N–H and O–H groups in total. The SMILES string of the molecule is C/C(=N\n1c(C)ccc1C)c1ccccn1.CC(=O)c1ccccn1.Cc1ccc(C)n1N. The fourth-order valence-electron chi connectivity index (χ4n) is 2.85. The number of carbonyl (C=O) groups is 1. The number of pyridine rings is 2. The Balaban J connectivity index is 0.000000192. The van der Waals surface area contributed by atoms with Crippen LogP contribution in [0.4, 0.5) is 0 Å². The van der Waals surface area contributed by atoms with E-state index in [1.54, 1.807) is 35.3 Å². The summed E-state index contributed by atoms with van der Waals surface area (Å²) in [7, 11) is 0. The number of aryl methyl sites for hydroxylation is 4. The molecular formula is C26H32N6O. The molecule has 0 fully saturated rings. The topological polar surface area (TPSA) is 91.1 Å². The predicted octanol–water partition coefficient (Wildman–Crippen LogP) is 4.88. The van der Waals surface area contributed by atoms with Gasteiger partial charge in [-0.25, -0.2) is 4.68 Å². The van der Waals surface area contributed by atoms with Gasteiger partial charge in [0.05, 0.1) is 11.4 Å². The van der Waals surface area contributed by atoms with Crippen LogP contribution in [0.5, 0.6) is 0 Å². The van der Waals surface area contributed by atoms with Crippen molar-refractivity contribution in [3.63, 3.8) is 0 Å². The van der Waals surface area contributed by atoms with Crippen LogP contribution in [0.1, 0.15) is 52.8 Å². The van der Waals surface area contributed by atoms with E-state index < -0.39 is 0 Å². The van der Waals surface area contributed by atoms with Crippen molar-refractivity contribution in [1.82, 2.24) is 19.3 Å². The Morgan fingerprint density at radius 3 is 1.52 bits per heavy atom. The van der Waals surface area contributed by atoms with E-state index in [0.717, 1.165) is 34.2 Å². The molecule has 0 radical (unpaired) electrons. The number of hydrogen-bond donors (Lipinski definition) is 1. The Kier molecular flexibility index (Phi) is 9.30. The summed E-state index contributed by atoms with van der Waals surface area (Å²) in [6.45, 7) is 11.5. The fraction of sp³-hybridized carbons (Fsp3) is 0.231. The van der Waals surface area contributed by atoms with E-state index in [2.05, 4.69) is 27.2 Å². The van der Waals surface area contributed by atoms with Gasteiger partial charge in [0, 0.05) is 42.1 Å². The van der Waals surface area contributed by atoms with Crippen LogP contribution in [0.15, 0.2) is 78.2 Å². The molecule has 0 amide bonds. The van der Waals surface area contributed by atoms with Crippen LogP contribution >= 0.6 is 0 Å². The molecule has 0 aliphatic carbocycles. The Bertz CT molecular complexity index is 1150. The molecule has 4 heterocycles. The first kappa shape index (κ1) is 25.3. The monoisotopic (exact) mass is 444 g/mol. The van der Waals surface area contributed by atoms with E-state index >= 15 is 0 Å². The lowest BCUT2D eigenvalue weighted by molar-refractivity contribution is 0.101. The standard InChI is InChI=1S/C13H15N3.C7H7NO.C6H10N2/c1-10-7-8-11(2)16(10)15-12(3)13-6-4-5-9-14-13;1-6(9)7-4-2-3-5-8-7;1-5-3-4-6(2)8(5)7/h4-9H,1-3H3;2-5H,1H3;3-4H,7H2,1-2H3/b15-12+;;. The number of ketones is 1. The van der Waals surface area contributed by atoms with Gasteiger partial charge < -0.3 is 5.84 Å². The van der Waals surface area contributed by atoms with Crippen LogP contribution < -0.4 is 5.84 Å². The maximum atomic E-state index is 10.6. The maximum absolute atomic E-state index is 10.6. The first-order chi connectivity index (χ1) is 15.7. The second kappa shape index (κ2) is 12.1. The average Bonchev–Trinajstić information content (AvgIpc) is 3.31. The maximum Gasteiger partial charge on any atom is 0.178 e. The zero-order valence-corrected chi connectivity index (χ0v) is 20.1. The minimum atomic E-state index is 0.00981. The molecule has 33 heavy (non-hydrogen) atoms. The average molecular weight is 445 g/mol. The van der Waals surface area contributed by atoms with Crippen molar-refractivity contribution >= 4 is 11.5 Å². The van der Waals surface area contributed by atoms with Crippen molar-refractivity contribution in [3.05, 3.63) is 107 Å². The number of nitrogens with zero attached hydrogens (tertiary/aromatic N) is 5. The van der Waals surface area contributed by atoms with E-state index in [1.807, 2.05) is 69.6 Å². The largest absolute Gasteiger partial charge is 0.339 e. The molecule has 0 saturated heterocycles. The lowest BCUT2D eigenvalue weighted by Gasteiger charge is -2.04. The van der Waals surface area contributed by atoms with Crippen LogP contribution in [0.25, 0.3) is 0 Å². The normalized spacial score (nSPS) is 10.5. The molecule has 4 aromatic heterocycles. The molecule has 0 aliphatic heterocycles. The molecule has 0 bridgehead atoms. The van der Waals surface area contributed by atoms with Crippen LogP contribution in [0, 0.1) is 27.7 Å². The summed E-state index contributed by atoms with van der Waals surface area (Å²) in [4.78, 5) is 18.7. The van der Waals surface area contributed by atoms with Gasteiger partial charge in [0.15, 0.2) is 5.78 Å². The van der Waals surface area contributed by atoms with Gasteiger partial charge in [-0.05, 0) is 83.1 Å². The van der Waals surface area contributed by atoms with E-state index in [1.165, 1.54) is 6.92 Å². The first-order valence-electron chi connectivity index (χ1n) is 10.6. The van der Waals surface area contributed by atoms with Gasteiger partial charge in [0.2, 0.25) is 0 Å². The molecule has 0 aliphatic rings. The number of Topliss-reactive ketones (excluding diaryl/α,β-unsaturated/α-hetero) is 1. The third-order valence-corrected chi connectivity index (χ3v) is 4.87. The number of carbonyl (C=O) groups excluding carboxylic acids is 1. The highest BCUT2D eigenvalue weighted by Crippen LogP contribution is 2.08. The molecule has 0 atom stereocenters. The molecule has 4 rings (SSSR count). The highest BCUT2D eigenvalue weighted by molar-refractivity contribution is 5.96. The number of nitrogens with two attached hydrogens (primary N) is 1. The number of aromatic nitrogens is 4. The summed E-state index contributed by atoms with van der Waals surface area (Å²) in [5.74, 6) is 5.53. The second-order valence-corrected chi connectivity index (χ2v) is 7.59. The fourth-order valence-corrected chi connectivity index (χ4v) is 2.85. The summed E-state index contributed by atoms with van der Waals surface area (Å²) in [5, 5.41) is 4.56. The highest BCUT2D eigenvalue weighted by Gasteiger charge is 2.02. The summed E-state index contributed by atoms with van der Waals surface area (Å²) >= 11 is 0. The van der Waals surface area contributed by atoms with Gasteiger partial charge in [0.1, 0.15) is 5.69 Å². The Labute approximate surface area is 195 Å². The van der Waals surface area contributed by atoms with Crippen LogP contribution in [0.2, 0.25) is 0 Å². The predicted molar refractivity (Wildman–Crippen MR) is 134 cm³/mol. The first-order valence-corrected chi connectivity index (χ1v) is 10.6. The number of rotatable bonds is 3. The third kappa shape index (κ3) is 7.57. The van der Waals surface area contributed by atoms with E-state index in [0.29, 0.717) is 5.69 Å². The molecule has 7 nitrogen and oxygen atoms in total. The number of nitrogen functional groups attached to an aromatic ring is 1. The minimum Gasteiger partial charge on any atom is -0.339 e. The smallest absolute Gasteiger partial charge is 0.178 e. The van der Waals surface area contributed by atoms with Gasteiger partial charge in [-0.2, -0.15) is 5.10 Å². The third-order valence-electron chi connectivity index (χ3n) is 4.87. The molecule has 0 spiro atoms. The molecular weight excluding hydrogens is 412 g/mol. The quantitative estimate of drug-likeness (QED) is 0.277. The Hall–Kier alpha value is -4.00. The molecule has 7 heteroatoms. The minimum absolute atomic E-state index is 0.00981. The number of hydrogen-bond acceptors (Lipinski definition) is 5. The van der Waals surface area contributed by atoms with Gasteiger partial charge in [-0.15, -0.1) is 0 Å². The highest BCUT2D eigenvalue weighted by atomic mass is 16.1. The van der Waals surface area contributed by atoms with Crippen molar-refractivity contribution < 1.29 is 4.79 Å².